The van der Waals surface area contributed by atoms with E-state index in [0.717, 1.165) is 0 Å². The maximum absolute atomic E-state index is 13.7. The Balaban J connectivity index is 0.925. The van der Waals surface area contributed by atoms with Crippen molar-refractivity contribution in [3.05, 3.63) is 12.2 Å². The zero-order valence-electron chi connectivity index (χ0n) is 28.1. The number of esters is 2. The van der Waals surface area contributed by atoms with E-state index in [2.05, 4.69) is 0 Å². The molecule has 0 spiro atoms. The van der Waals surface area contributed by atoms with Gasteiger partial charge in [-0.25, -0.2) is 0 Å². The summed E-state index contributed by atoms with van der Waals surface area (Å²) in [5, 5.41) is 0. The van der Waals surface area contributed by atoms with E-state index >= 15 is 0 Å². The number of ether oxygens (including phenoxy) is 12. The summed E-state index contributed by atoms with van der Waals surface area (Å²) < 4.78 is 72.9. The lowest BCUT2D eigenvalue weighted by Crippen LogP contribution is -2.56. The molecule has 0 radical (unpaired) electrons. The van der Waals surface area contributed by atoms with Crippen molar-refractivity contribution < 1.29 is 66.4 Å². The summed E-state index contributed by atoms with van der Waals surface area (Å²) in [6.45, 7) is 14.3. The molecule has 14 atom stereocenters. The van der Waals surface area contributed by atoms with Crippen molar-refractivity contribution in [3.63, 3.8) is 0 Å². The van der Waals surface area contributed by atoms with E-state index in [1.54, 1.807) is 0 Å². The first kappa shape index (κ1) is 32.5. The lowest BCUT2D eigenvalue weighted by atomic mass is 9.83. The highest BCUT2D eigenvalue weighted by Gasteiger charge is 2.63. The summed E-state index contributed by atoms with van der Waals surface area (Å²) in [5.74, 6) is -6.13. The SMILES string of the molecule is CC1(C)O[C@H]2[C@@H](O1)[C@@H](COC(=O)[C@@H]1C3C=CC(C3)[C@H]1C(=O)OC[C@H]1O[C@@H]3OC(C)(C)O[C@@H]3[C@H]3OC(C)(C)O[C@H]31)O[C@@H]1OC(C)(C)O[C@@H]12. The Labute approximate surface area is 273 Å². The van der Waals surface area contributed by atoms with Gasteiger partial charge in [0.2, 0.25) is 0 Å². The number of carbonyl (C=O) groups is 2. The van der Waals surface area contributed by atoms with Crippen LogP contribution in [0.3, 0.4) is 0 Å². The molecule has 7 fully saturated rings. The summed E-state index contributed by atoms with van der Waals surface area (Å²) in [7, 11) is 0. The van der Waals surface area contributed by atoms with Gasteiger partial charge in [-0.2, -0.15) is 0 Å². The Kier molecular flexibility index (Phi) is 7.52. The standard InChI is InChI=1S/C33H46O14/c1-30(2)40-20-16(38-28-24(22(20)42-30)44-32(5,6)46-28)12-36-26(34)18-14-9-10-15(11-14)19(18)27(35)37-13-17-21-23(43-31(3,4)41-21)25-29(39-17)47-33(7,8)45-25/h9-10,14-25,28-29H,11-13H2,1-8H3/t14?,15?,16-,17-,18-,19-,20+,21+,22+,23+,24-,25-,28-,29-/m1/s1. The van der Waals surface area contributed by atoms with Crippen molar-refractivity contribution in [3.8, 4) is 0 Å². The maximum atomic E-state index is 13.7. The van der Waals surface area contributed by atoms with Crippen LogP contribution in [-0.2, 0) is 66.4 Å². The van der Waals surface area contributed by atoms with Crippen LogP contribution in [0.15, 0.2) is 12.2 Å². The van der Waals surface area contributed by atoms with Crippen molar-refractivity contribution in [1.82, 2.24) is 0 Å². The van der Waals surface area contributed by atoms with Gasteiger partial charge in [0.15, 0.2) is 35.7 Å². The van der Waals surface area contributed by atoms with Gasteiger partial charge in [-0.1, -0.05) is 12.2 Å². The van der Waals surface area contributed by atoms with Crippen LogP contribution in [0.4, 0.5) is 0 Å². The van der Waals surface area contributed by atoms with Crippen LogP contribution in [0.25, 0.3) is 0 Å². The average molecular weight is 667 g/mol. The van der Waals surface area contributed by atoms with E-state index in [1.165, 1.54) is 0 Å². The first-order chi connectivity index (χ1) is 22.0. The predicted octanol–water partition coefficient (Wildman–Crippen LogP) is 2.30. The second kappa shape index (κ2) is 10.9. The minimum Gasteiger partial charge on any atom is -0.463 e. The molecule has 2 unspecified atom stereocenters. The summed E-state index contributed by atoms with van der Waals surface area (Å²) in [6.07, 6.45) is -1.07. The molecule has 6 saturated heterocycles. The van der Waals surface area contributed by atoms with E-state index in [4.69, 9.17) is 56.8 Å². The molecule has 262 valence electrons. The molecular formula is C33H46O14. The van der Waals surface area contributed by atoms with Crippen LogP contribution in [0.5, 0.6) is 0 Å². The number of carbonyl (C=O) groups excluding carboxylic acids is 2. The molecule has 1 saturated carbocycles. The smallest absolute Gasteiger partial charge is 0.310 e. The molecule has 47 heavy (non-hydrogen) atoms. The fourth-order valence-corrected chi connectivity index (χ4v) is 8.64. The number of fused-ring (bicyclic) bond motifs is 8. The Bertz CT molecular complexity index is 1210. The monoisotopic (exact) mass is 666 g/mol. The highest BCUT2D eigenvalue weighted by atomic mass is 16.9. The van der Waals surface area contributed by atoms with Crippen LogP contribution in [0.1, 0.15) is 61.8 Å². The Morgan fingerprint density at radius 1 is 0.532 bits per heavy atom. The molecule has 0 amide bonds. The normalized spacial score (nSPS) is 48.9. The quantitative estimate of drug-likeness (QED) is 0.302. The largest absolute Gasteiger partial charge is 0.463 e. The van der Waals surface area contributed by atoms with Crippen molar-refractivity contribution in [2.45, 2.75) is 146 Å². The third-order valence-electron chi connectivity index (χ3n) is 10.3. The lowest BCUT2D eigenvalue weighted by molar-refractivity contribution is -0.244. The van der Waals surface area contributed by atoms with Crippen molar-refractivity contribution in [2.75, 3.05) is 13.2 Å². The second-order valence-electron chi connectivity index (χ2n) is 15.7. The first-order valence-electron chi connectivity index (χ1n) is 16.7. The molecule has 6 heterocycles. The number of hydrogen-bond acceptors (Lipinski definition) is 14. The van der Waals surface area contributed by atoms with Crippen molar-refractivity contribution in [1.29, 1.82) is 0 Å². The number of rotatable bonds is 6. The van der Waals surface area contributed by atoms with Gasteiger partial charge in [0.05, 0.1) is 11.8 Å². The molecule has 0 aromatic heterocycles. The minimum atomic E-state index is -0.877. The maximum Gasteiger partial charge on any atom is 0.310 e. The second-order valence-corrected chi connectivity index (χ2v) is 15.7. The van der Waals surface area contributed by atoms with Crippen LogP contribution in [-0.4, -0.2) is 110 Å². The van der Waals surface area contributed by atoms with E-state index < -0.39 is 108 Å². The molecule has 8 aliphatic rings. The van der Waals surface area contributed by atoms with Gasteiger partial charge in [-0.3, -0.25) is 9.59 Å². The van der Waals surface area contributed by atoms with Crippen molar-refractivity contribution in [2.24, 2.45) is 23.7 Å². The third kappa shape index (κ3) is 5.75. The number of hydrogen-bond donors (Lipinski definition) is 0. The molecule has 14 heteroatoms. The Morgan fingerprint density at radius 2 is 0.872 bits per heavy atom. The fourth-order valence-electron chi connectivity index (χ4n) is 8.64. The highest BCUT2D eigenvalue weighted by molar-refractivity contribution is 5.84. The minimum absolute atomic E-state index is 0.0983. The van der Waals surface area contributed by atoms with Gasteiger partial charge < -0.3 is 56.8 Å². The van der Waals surface area contributed by atoms with Gasteiger partial charge in [0.25, 0.3) is 0 Å². The highest BCUT2D eigenvalue weighted by Crippen LogP contribution is 2.50. The van der Waals surface area contributed by atoms with Crippen LogP contribution >= 0.6 is 0 Å². The van der Waals surface area contributed by atoms with Crippen LogP contribution < -0.4 is 0 Å². The van der Waals surface area contributed by atoms with Gasteiger partial charge in [0.1, 0.15) is 62.0 Å². The summed E-state index contributed by atoms with van der Waals surface area (Å²) in [5.41, 5.74) is 0. The Hall–Kier alpha value is -1.72. The molecular weight excluding hydrogens is 620 g/mol. The first-order valence-corrected chi connectivity index (χ1v) is 16.7. The van der Waals surface area contributed by atoms with Gasteiger partial charge in [-0.05, 0) is 73.6 Å². The average Bonchev–Trinajstić information content (AvgIpc) is 3.79. The molecule has 0 aromatic carbocycles. The van der Waals surface area contributed by atoms with Gasteiger partial charge >= 0.3 is 11.9 Å². The molecule has 6 aliphatic heterocycles. The van der Waals surface area contributed by atoms with Crippen molar-refractivity contribution >= 4 is 11.9 Å². The third-order valence-corrected chi connectivity index (χ3v) is 10.3. The van der Waals surface area contributed by atoms with E-state index in [1.807, 2.05) is 67.5 Å². The lowest BCUT2D eigenvalue weighted by Gasteiger charge is -2.37. The van der Waals surface area contributed by atoms with Gasteiger partial charge in [-0.15, -0.1) is 0 Å². The molecule has 0 aromatic rings. The summed E-state index contributed by atoms with van der Waals surface area (Å²) >= 11 is 0. The van der Waals surface area contributed by atoms with E-state index in [-0.39, 0.29) is 25.0 Å². The molecule has 2 aliphatic carbocycles. The van der Waals surface area contributed by atoms with E-state index in [9.17, 15) is 9.59 Å². The molecule has 0 N–H and O–H groups in total. The number of allylic oxidation sites excluding steroid dienone is 2. The topological polar surface area (TPSA) is 145 Å². The zero-order chi connectivity index (χ0) is 33.3. The predicted molar refractivity (Wildman–Crippen MR) is 155 cm³/mol. The molecule has 14 nitrogen and oxygen atoms in total. The van der Waals surface area contributed by atoms with Gasteiger partial charge in [0, 0.05) is 0 Å². The van der Waals surface area contributed by atoms with Crippen LogP contribution in [0, 0.1) is 23.7 Å². The van der Waals surface area contributed by atoms with E-state index in [0.29, 0.717) is 6.42 Å². The zero-order valence-corrected chi connectivity index (χ0v) is 28.1. The Morgan fingerprint density at radius 3 is 1.28 bits per heavy atom. The van der Waals surface area contributed by atoms with Crippen LogP contribution in [0.2, 0.25) is 0 Å². The summed E-state index contributed by atoms with van der Waals surface area (Å²) in [6, 6.07) is 0. The summed E-state index contributed by atoms with van der Waals surface area (Å²) in [4.78, 5) is 27.4. The molecule has 2 bridgehead atoms. The molecule has 8 rings (SSSR count). The fraction of sp³-hybridized carbons (Fsp3) is 0.879.